The number of carbonyl (C=O) groups is 1. The quantitative estimate of drug-likeness (QED) is 0.786. The highest BCUT2D eigenvalue weighted by Gasteiger charge is 2.15. The van der Waals surface area contributed by atoms with Gasteiger partial charge in [0.15, 0.2) is 0 Å². The van der Waals surface area contributed by atoms with Gasteiger partial charge in [-0.2, -0.15) is 0 Å². The summed E-state index contributed by atoms with van der Waals surface area (Å²) in [6.07, 6.45) is 2.14. The van der Waals surface area contributed by atoms with Gasteiger partial charge in [-0.15, -0.1) is 0 Å². The molecule has 0 aromatic heterocycles. The van der Waals surface area contributed by atoms with Crippen LogP contribution in [0.3, 0.4) is 0 Å². The second-order valence-electron chi connectivity index (χ2n) is 4.35. The summed E-state index contributed by atoms with van der Waals surface area (Å²) in [5.41, 5.74) is 6.86. The fourth-order valence-corrected chi connectivity index (χ4v) is 1.77. The average molecular weight is 268 g/mol. The molecule has 0 aliphatic carbocycles. The van der Waals surface area contributed by atoms with E-state index in [1.54, 1.807) is 6.26 Å². The zero-order chi connectivity index (χ0) is 13.5. The zero-order valence-corrected chi connectivity index (χ0v) is 11.6. The monoisotopic (exact) mass is 268 g/mol. The summed E-state index contributed by atoms with van der Waals surface area (Å²) in [5, 5.41) is 2.67. The van der Waals surface area contributed by atoms with Crippen molar-refractivity contribution in [2.45, 2.75) is 24.6 Å². The summed E-state index contributed by atoms with van der Waals surface area (Å²) in [6.45, 7) is 2.23. The lowest BCUT2D eigenvalue weighted by Gasteiger charge is -2.14. The van der Waals surface area contributed by atoms with Crippen molar-refractivity contribution in [3.8, 4) is 0 Å². The summed E-state index contributed by atoms with van der Waals surface area (Å²) in [7, 11) is -0.933. The van der Waals surface area contributed by atoms with Gasteiger partial charge in [0.1, 0.15) is 0 Å². The smallest absolute Gasteiger partial charge is 0.237 e. The lowest BCUT2D eigenvalue weighted by molar-refractivity contribution is -0.122. The lowest BCUT2D eigenvalue weighted by Crippen LogP contribution is -2.44. The van der Waals surface area contributed by atoms with E-state index in [1.165, 1.54) is 0 Å². The van der Waals surface area contributed by atoms with Crippen LogP contribution in [0.15, 0.2) is 30.3 Å². The van der Waals surface area contributed by atoms with Gasteiger partial charge >= 0.3 is 0 Å². The molecule has 1 rings (SSSR count). The van der Waals surface area contributed by atoms with E-state index in [2.05, 4.69) is 5.32 Å². The van der Waals surface area contributed by atoms with E-state index >= 15 is 0 Å². The highest BCUT2D eigenvalue weighted by molar-refractivity contribution is 7.84. The fourth-order valence-electron chi connectivity index (χ4n) is 1.45. The molecule has 3 N–H and O–H groups in total. The maximum atomic E-state index is 11.7. The topological polar surface area (TPSA) is 72.2 Å². The molecule has 0 aliphatic rings. The van der Waals surface area contributed by atoms with E-state index in [9.17, 15) is 9.00 Å². The van der Waals surface area contributed by atoms with Crippen molar-refractivity contribution in [1.29, 1.82) is 0 Å². The number of hydrogen-bond donors (Lipinski definition) is 2. The Morgan fingerprint density at radius 3 is 2.56 bits per heavy atom. The first kappa shape index (κ1) is 14.9. The first-order valence-electron chi connectivity index (χ1n) is 5.90. The molecule has 0 saturated carbocycles. The molecule has 4 nitrogen and oxygen atoms in total. The van der Waals surface area contributed by atoms with Crippen molar-refractivity contribution >= 4 is 16.7 Å². The SMILES string of the molecule is CC(CNC(=O)[C@H](N)Cc1ccccc1)S(C)=O. The Labute approximate surface area is 110 Å². The first-order chi connectivity index (χ1) is 8.50. The highest BCUT2D eigenvalue weighted by Crippen LogP contribution is 2.02. The van der Waals surface area contributed by atoms with Crippen LogP contribution in [0.5, 0.6) is 0 Å². The molecule has 1 aromatic rings. The maximum absolute atomic E-state index is 11.7. The van der Waals surface area contributed by atoms with Crippen LogP contribution < -0.4 is 11.1 Å². The van der Waals surface area contributed by atoms with Gasteiger partial charge in [0.2, 0.25) is 5.91 Å². The molecular formula is C13H20N2O2S. The highest BCUT2D eigenvalue weighted by atomic mass is 32.2. The third-order valence-electron chi connectivity index (χ3n) is 2.77. The Morgan fingerprint density at radius 2 is 2.00 bits per heavy atom. The molecule has 0 aliphatic heterocycles. The number of nitrogens with two attached hydrogens (primary N) is 1. The molecule has 0 bridgehead atoms. The number of amides is 1. The van der Waals surface area contributed by atoms with E-state index < -0.39 is 16.8 Å². The van der Waals surface area contributed by atoms with Gasteiger partial charge in [0, 0.05) is 28.9 Å². The van der Waals surface area contributed by atoms with Gasteiger partial charge in [-0.3, -0.25) is 9.00 Å². The predicted molar refractivity (Wildman–Crippen MR) is 74.7 cm³/mol. The van der Waals surface area contributed by atoms with Crippen LogP contribution in [0.4, 0.5) is 0 Å². The number of rotatable bonds is 6. The second-order valence-corrected chi connectivity index (χ2v) is 6.15. The first-order valence-corrected chi connectivity index (χ1v) is 7.52. The van der Waals surface area contributed by atoms with Gasteiger partial charge in [-0.1, -0.05) is 30.3 Å². The Morgan fingerprint density at radius 1 is 1.39 bits per heavy atom. The van der Waals surface area contributed by atoms with Crippen LogP contribution in [0, 0.1) is 0 Å². The minimum absolute atomic E-state index is 0.0575. The van der Waals surface area contributed by atoms with E-state index in [0.717, 1.165) is 5.56 Å². The molecule has 0 heterocycles. The number of nitrogens with one attached hydrogen (secondary N) is 1. The van der Waals surface area contributed by atoms with Gasteiger partial charge in [0.05, 0.1) is 6.04 Å². The van der Waals surface area contributed by atoms with Gasteiger partial charge in [-0.05, 0) is 18.9 Å². The van der Waals surface area contributed by atoms with E-state index in [0.29, 0.717) is 13.0 Å². The molecule has 0 saturated heterocycles. The Balaban J connectivity index is 2.40. The molecule has 1 amide bonds. The van der Waals surface area contributed by atoms with Crippen LogP contribution >= 0.6 is 0 Å². The number of carbonyl (C=O) groups excluding carboxylic acids is 1. The van der Waals surface area contributed by atoms with E-state index in [-0.39, 0.29) is 11.2 Å². The van der Waals surface area contributed by atoms with Crippen molar-refractivity contribution < 1.29 is 9.00 Å². The van der Waals surface area contributed by atoms with Crippen LogP contribution in [0.1, 0.15) is 12.5 Å². The summed E-state index contributed by atoms with van der Waals surface area (Å²) in [6, 6.07) is 9.08. The molecule has 1 aromatic carbocycles. The molecule has 5 heteroatoms. The minimum atomic E-state index is -0.933. The van der Waals surface area contributed by atoms with Gasteiger partial charge < -0.3 is 11.1 Å². The summed E-state index contributed by atoms with van der Waals surface area (Å²) < 4.78 is 11.1. The maximum Gasteiger partial charge on any atom is 0.237 e. The average Bonchev–Trinajstić information content (AvgIpc) is 2.36. The Hall–Kier alpha value is -1.20. The number of hydrogen-bond acceptors (Lipinski definition) is 3. The van der Waals surface area contributed by atoms with Crippen molar-refractivity contribution in [2.75, 3.05) is 12.8 Å². The number of benzene rings is 1. The predicted octanol–water partition coefficient (Wildman–Crippen LogP) is 0.440. The van der Waals surface area contributed by atoms with Crippen molar-refractivity contribution in [3.05, 3.63) is 35.9 Å². The van der Waals surface area contributed by atoms with E-state index in [1.807, 2.05) is 37.3 Å². The molecular weight excluding hydrogens is 248 g/mol. The summed E-state index contributed by atoms with van der Waals surface area (Å²) in [5.74, 6) is -0.198. The molecule has 2 unspecified atom stereocenters. The Kier molecular flexibility index (Phi) is 6.01. The summed E-state index contributed by atoms with van der Waals surface area (Å²) in [4.78, 5) is 11.7. The van der Waals surface area contributed by atoms with Crippen LogP contribution in [0.2, 0.25) is 0 Å². The molecule has 18 heavy (non-hydrogen) atoms. The van der Waals surface area contributed by atoms with Crippen LogP contribution in [0.25, 0.3) is 0 Å². The van der Waals surface area contributed by atoms with Crippen LogP contribution in [-0.2, 0) is 22.0 Å². The van der Waals surface area contributed by atoms with Gasteiger partial charge in [-0.25, -0.2) is 0 Å². The zero-order valence-electron chi connectivity index (χ0n) is 10.8. The third-order valence-corrected chi connectivity index (χ3v) is 4.07. The van der Waals surface area contributed by atoms with Gasteiger partial charge in [0.25, 0.3) is 0 Å². The Bertz CT molecular complexity index is 409. The fraction of sp³-hybridized carbons (Fsp3) is 0.462. The van der Waals surface area contributed by atoms with Crippen molar-refractivity contribution in [1.82, 2.24) is 5.32 Å². The standard InChI is InChI=1S/C13H20N2O2S/c1-10(18(2)17)9-15-13(16)12(14)8-11-6-4-3-5-7-11/h3-7,10,12H,8-9,14H2,1-2H3,(H,15,16)/t10?,12-,18?/m1/s1. The molecule has 100 valence electrons. The molecule has 0 radical (unpaired) electrons. The summed E-state index contributed by atoms with van der Waals surface area (Å²) >= 11 is 0. The minimum Gasteiger partial charge on any atom is -0.354 e. The largest absolute Gasteiger partial charge is 0.354 e. The lowest BCUT2D eigenvalue weighted by atomic mass is 10.1. The van der Waals surface area contributed by atoms with Crippen molar-refractivity contribution in [2.24, 2.45) is 5.73 Å². The van der Waals surface area contributed by atoms with Crippen molar-refractivity contribution in [3.63, 3.8) is 0 Å². The van der Waals surface area contributed by atoms with E-state index in [4.69, 9.17) is 5.73 Å². The molecule has 0 fully saturated rings. The second kappa shape index (κ2) is 7.28. The normalized spacial score (nSPS) is 15.7. The molecule has 3 atom stereocenters. The molecule has 0 spiro atoms. The third kappa shape index (κ3) is 4.98. The van der Waals surface area contributed by atoms with Crippen LogP contribution in [-0.4, -0.2) is 34.2 Å².